The third-order valence-electron chi connectivity index (χ3n) is 5.38. The molecule has 6 N–H and O–H groups in total. The van der Waals surface area contributed by atoms with E-state index < -0.39 is 18.0 Å². The van der Waals surface area contributed by atoms with Crippen LogP contribution in [0.3, 0.4) is 0 Å². The first-order chi connectivity index (χ1) is 16.8. The number of hydrogen-bond acceptors (Lipinski definition) is 5. The Balaban J connectivity index is 1.47. The van der Waals surface area contributed by atoms with Crippen LogP contribution in [0.5, 0.6) is 5.75 Å². The third-order valence-corrected chi connectivity index (χ3v) is 5.63. The molecule has 0 aliphatic heterocycles. The number of fused-ring (bicyclic) bond motifs is 1. The number of ether oxygens (including phenoxy) is 1. The van der Waals surface area contributed by atoms with Gasteiger partial charge in [0, 0.05) is 17.1 Å². The number of carbonyl (C=O) groups excluding carboxylic acids is 3. The number of nitrogens with one attached hydrogen (secondary N) is 2. The molecule has 0 aromatic heterocycles. The van der Waals surface area contributed by atoms with Gasteiger partial charge in [0.15, 0.2) is 0 Å². The van der Waals surface area contributed by atoms with Crippen LogP contribution in [-0.4, -0.2) is 37.0 Å². The number of urea groups is 1. The summed E-state index contributed by atoms with van der Waals surface area (Å²) in [4.78, 5) is 35.3. The molecule has 0 heterocycles. The van der Waals surface area contributed by atoms with Crippen molar-refractivity contribution in [2.45, 2.75) is 31.7 Å². The van der Waals surface area contributed by atoms with Crippen molar-refractivity contribution in [3.05, 3.63) is 76.8 Å². The normalized spacial score (nSPS) is 11.6. The molecule has 4 amide bonds. The zero-order chi connectivity index (χ0) is 25.2. The summed E-state index contributed by atoms with van der Waals surface area (Å²) in [5.41, 5.74) is 12.6. The zero-order valence-corrected chi connectivity index (χ0v) is 20.0. The summed E-state index contributed by atoms with van der Waals surface area (Å²) in [6.45, 7) is 0.873. The average Bonchev–Trinajstić information content (AvgIpc) is 2.82. The molecule has 9 heteroatoms. The Morgan fingerprint density at radius 3 is 2.34 bits per heavy atom. The monoisotopic (exact) mass is 496 g/mol. The molecule has 0 aliphatic rings. The van der Waals surface area contributed by atoms with E-state index in [9.17, 15) is 14.4 Å². The van der Waals surface area contributed by atoms with Crippen LogP contribution in [0.2, 0.25) is 5.02 Å². The maximum absolute atomic E-state index is 12.3. The van der Waals surface area contributed by atoms with Crippen LogP contribution in [0.25, 0.3) is 10.8 Å². The summed E-state index contributed by atoms with van der Waals surface area (Å²) < 4.78 is 5.95. The smallest absolute Gasteiger partial charge is 0.318 e. The highest BCUT2D eigenvalue weighted by Gasteiger charge is 2.14. The molecule has 8 nitrogen and oxygen atoms in total. The number of primary amides is 1. The Morgan fingerprint density at radius 2 is 1.66 bits per heavy atom. The van der Waals surface area contributed by atoms with Crippen LogP contribution < -0.4 is 26.8 Å². The number of imide groups is 1. The maximum atomic E-state index is 12.3. The van der Waals surface area contributed by atoms with Gasteiger partial charge in [-0.1, -0.05) is 48.0 Å². The molecule has 0 unspecified atom stereocenters. The molecule has 0 bridgehead atoms. The van der Waals surface area contributed by atoms with E-state index in [1.54, 1.807) is 12.1 Å². The highest BCUT2D eigenvalue weighted by atomic mass is 35.5. The Labute approximate surface area is 209 Å². The number of amides is 4. The number of unbranched alkanes of at least 4 members (excludes halogenated alkanes) is 1. The Bertz CT molecular complexity index is 1180. The molecule has 0 fully saturated rings. The largest absolute Gasteiger partial charge is 0.493 e. The first-order valence-corrected chi connectivity index (χ1v) is 11.7. The van der Waals surface area contributed by atoms with E-state index in [0.29, 0.717) is 48.7 Å². The summed E-state index contributed by atoms with van der Waals surface area (Å²) >= 11 is 5.88. The highest BCUT2D eigenvalue weighted by molar-refractivity contribution is 6.30. The van der Waals surface area contributed by atoms with E-state index in [1.807, 2.05) is 48.5 Å². The molecule has 184 valence electrons. The Kier molecular flexibility index (Phi) is 9.46. The van der Waals surface area contributed by atoms with Crippen molar-refractivity contribution in [1.29, 1.82) is 0 Å². The van der Waals surface area contributed by atoms with Crippen molar-refractivity contribution in [3.63, 3.8) is 0 Å². The van der Waals surface area contributed by atoms with E-state index in [1.165, 1.54) is 0 Å². The molecule has 1 atom stereocenters. The minimum Gasteiger partial charge on any atom is -0.493 e. The van der Waals surface area contributed by atoms with E-state index in [4.69, 9.17) is 27.8 Å². The molecule has 0 radical (unpaired) electrons. The fraction of sp³-hybridized carbons (Fsp3) is 0.269. The maximum Gasteiger partial charge on any atom is 0.318 e. The summed E-state index contributed by atoms with van der Waals surface area (Å²) in [5, 5.41) is 7.50. The van der Waals surface area contributed by atoms with Gasteiger partial charge < -0.3 is 21.5 Å². The fourth-order valence-corrected chi connectivity index (χ4v) is 3.74. The van der Waals surface area contributed by atoms with Gasteiger partial charge >= 0.3 is 6.03 Å². The van der Waals surface area contributed by atoms with Crippen molar-refractivity contribution in [2.24, 2.45) is 11.5 Å². The van der Waals surface area contributed by atoms with E-state index in [2.05, 4.69) is 10.6 Å². The van der Waals surface area contributed by atoms with Crippen molar-refractivity contribution in [3.8, 4) is 5.75 Å². The summed E-state index contributed by atoms with van der Waals surface area (Å²) in [6, 6.07) is 17.2. The van der Waals surface area contributed by atoms with E-state index in [-0.39, 0.29) is 12.3 Å². The molecule has 0 saturated heterocycles. The molecule has 0 spiro atoms. The van der Waals surface area contributed by atoms with Gasteiger partial charge in [0.1, 0.15) is 5.75 Å². The molecular formula is C26H29ClN4O4. The van der Waals surface area contributed by atoms with Gasteiger partial charge in [-0.05, 0) is 59.9 Å². The molecule has 0 aliphatic carbocycles. The fourth-order valence-electron chi connectivity index (χ4n) is 3.61. The quantitative estimate of drug-likeness (QED) is 0.302. The van der Waals surface area contributed by atoms with E-state index in [0.717, 1.165) is 16.3 Å². The molecule has 0 saturated carbocycles. The SMILES string of the molecule is NC(=O)NC(=O)Cc1cc2ccccc2cc1OCCCCNC(=O)[C@@H](N)Cc1ccc(Cl)cc1. The summed E-state index contributed by atoms with van der Waals surface area (Å²) in [7, 11) is 0. The lowest BCUT2D eigenvalue weighted by Gasteiger charge is -2.14. The van der Waals surface area contributed by atoms with Gasteiger partial charge in [-0.15, -0.1) is 0 Å². The van der Waals surface area contributed by atoms with Crippen LogP contribution in [0.15, 0.2) is 60.7 Å². The first-order valence-electron chi connectivity index (χ1n) is 11.3. The number of hydrogen-bond donors (Lipinski definition) is 4. The Hall–Kier alpha value is -3.62. The van der Waals surface area contributed by atoms with Gasteiger partial charge in [-0.25, -0.2) is 4.79 Å². The second-order valence-electron chi connectivity index (χ2n) is 8.18. The van der Waals surface area contributed by atoms with Crippen molar-refractivity contribution < 1.29 is 19.1 Å². The topological polar surface area (TPSA) is 137 Å². The lowest BCUT2D eigenvalue weighted by atomic mass is 10.0. The number of nitrogens with two attached hydrogens (primary N) is 2. The average molecular weight is 497 g/mol. The number of halogens is 1. The number of rotatable bonds is 11. The van der Waals surface area contributed by atoms with Crippen LogP contribution in [0.4, 0.5) is 4.79 Å². The van der Waals surface area contributed by atoms with Crippen LogP contribution >= 0.6 is 11.6 Å². The second-order valence-corrected chi connectivity index (χ2v) is 8.62. The zero-order valence-electron chi connectivity index (χ0n) is 19.3. The predicted molar refractivity (Wildman–Crippen MR) is 136 cm³/mol. The lowest BCUT2D eigenvalue weighted by Crippen LogP contribution is -2.42. The van der Waals surface area contributed by atoms with Gasteiger partial charge in [0.25, 0.3) is 0 Å². The minimum absolute atomic E-state index is 0.0370. The molecule has 3 rings (SSSR count). The Morgan fingerprint density at radius 1 is 0.971 bits per heavy atom. The van der Waals surface area contributed by atoms with Gasteiger partial charge in [-0.3, -0.25) is 14.9 Å². The van der Waals surface area contributed by atoms with Crippen molar-refractivity contribution in [1.82, 2.24) is 10.6 Å². The standard InChI is InChI=1S/C26H29ClN4O4/c27-21-9-7-17(8-10-21)13-22(28)25(33)30-11-3-4-12-35-23-15-19-6-2-1-5-18(19)14-20(23)16-24(32)31-26(29)34/h1-2,5-10,14-15,22H,3-4,11-13,16,28H2,(H,30,33)(H3,29,31,32,34)/t22-/m0/s1. The number of benzene rings is 3. The number of carbonyl (C=O) groups is 3. The van der Waals surface area contributed by atoms with Crippen molar-refractivity contribution in [2.75, 3.05) is 13.2 Å². The molecule has 35 heavy (non-hydrogen) atoms. The van der Waals surface area contributed by atoms with Gasteiger partial charge in [0.2, 0.25) is 11.8 Å². The highest BCUT2D eigenvalue weighted by Crippen LogP contribution is 2.27. The summed E-state index contributed by atoms with van der Waals surface area (Å²) in [6.07, 6.45) is 1.78. The van der Waals surface area contributed by atoms with Gasteiger partial charge in [-0.2, -0.15) is 0 Å². The van der Waals surface area contributed by atoms with Crippen LogP contribution in [-0.2, 0) is 22.4 Å². The predicted octanol–water partition coefficient (Wildman–Crippen LogP) is 3.08. The van der Waals surface area contributed by atoms with Crippen LogP contribution in [0, 0.1) is 0 Å². The molecular weight excluding hydrogens is 468 g/mol. The second kappa shape index (κ2) is 12.7. The lowest BCUT2D eigenvalue weighted by molar-refractivity contribution is -0.122. The first kappa shape index (κ1) is 26.0. The van der Waals surface area contributed by atoms with Crippen LogP contribution in [0.1, 0.15) is 24.0 Å². The molecule has 3 aromatic rings. The van der Waals surface area contributed by atoms with Crippen molar-refractivity contribution >= 4 is 40.2 Å². The summed E-state index contributed by atoms with van der Waals surface area (Å²) in [5.74, 6) is -0.147. The van der Waals surface area contributed by atoms with E-state index >= 15 is 0 Å². The minimum atomic E-state index is -0.895. The molecule has 3 aromatic carbocycles. The van der Waals surface area contributed by atoms with Gasteiger partial charge in [0.05, 0.1) is 19.1 Å². The third kappa shape index (κ3) is 8.27.